The zero-order chi connectivity index (χ0) is 11.4. The maximum atomic E-state index is 5.17. The van der Waals surface area contributed by atoms with E-state index in [-0.39, 0.29) is 0 Å². The van der Waals surface area contributed by atoms with E-state index in [9.17, 15) is 0 Å². The van der Waals surface area contributed by atoms with Gasteiger partial charge in [-0.3, -0.25) is 0 Å². The number of nitrogens with zero attached hydrogens (tertiary/aromatic N) is 3. The van der Waals surface area contributed by atoms with Crippen LogP contribution in [0.4, 0.5) is 0 Å². The minimum Gasteiger partial charge on any atom is -0.497 e. The molecule has 84 valence electrons. The van der Waals surface area contributed by atoms with E-state index >= 15 is 0 Å². The summed E-state index contributed by atoms with van der Waals surface area (Å²) in [6, 6.07) is 8.04. The van der Waals surface area contributed by atoms with Gasteiger partial charge in [0.1, 0.15) is 12.1 Å². The first-order valence-electron chi connectivity index (χ1n) is 4.89. The van der Waals surface area contributed by atoms with Crippen molar-refractivity contribution in [2.45, 2.75) is 10.9 Å². The van der Waals surface area contributed by atoms with Gasteiger partial charge in [0, 0.05) is 12.8 Å². The highest BCUT2D eigenvalue weighted by molar-refractivity contribution is 7.98. The van der Waals surface area contributed by atoms with Gasteiger partial charge in [-0.25, -0.2) is 9.67 Å². The van der Waals surface area contributed by atoms with Gasteiger partial charge in [0.2, 0.25) is 0 Å². The SMILES string of the molecule is COc1cccc(CSc2ncnn2C)c1. The van der Waals surface area contributed by atoms with Crippen molar-refractivity contribution in [2.24, 2.45) is 7.05 Å². The first-order chi connectivity index (χ1) is 7.79. The van der Waals surface area contributed by atoms with Crippen LogP contribution in [0, 0.1) is 0 Å². The number of ether oxygens (including phenoxy) is 1. The lowest BCUT2D eigenvalue weighted by Gasteiger charge is -2.03. The van der Waals surface area contributed by atoms with E-state index in [4.69, 9.17) is 4.74 Å². The molecule has 1 aromatic heterocycles. The molecule has 2 aromatic rings. The second-order valence-corrected chi connectivity index (χ2v) is 4.25. The van der Waals surface area contributed by atoms with Crippen molar-refractivity contribution in [3.63, 3.8) is 0 Å². The lowest BCUT2D eigenvalue weighted by Crippen LogP contribution is -1.93. The zero-order valence-electron chi connectivity index (χ0n) is 9.25. The lowest BCUT2D eigenvalue weighted by molar-refractivity contribution is 0.414. The number of aromatic nitrogens is 3. The van der Waals surface area contributed by atoms with E-state index in [1.807, 2.05) is 25.2 Å². The summed E-state index contributed by atoms with van der Waals surface area (Å²) in [5, 5.41) is 4.94. The van der Waals surface area contributed by atoms with Crippen LogP contribution in [0.15, 0.2) is 35.7 Å². The smallest absolute Gasteiger partial charge is 0.186 e. The van der Waals surface area contributed by atoms with Crippen molar-refractivity contribution in [1.29, 1.82) is 0 Å². The summed E-state index contributed by atoms with van der Waals surface area (Å²) in [6.45, 7) is 0. The number of hydrogen-bond donors (Lipinski definition) is 0. The molecule has 4 nitrogen and oxygen atoms in total. The van der Waals surface area contributed by atoms with Crippen molar-refractivity contribution in [2.75, 3.05) is 7.11 Å². The fourth-order valence-electron chi connectivity index (χ4n) is 1.33. The molecule has 0 bridgehead atoms. The van der Waals surface area contributed by atoms with Crippen LogP contribution in [0.3, 0.4) is 0 Å². The summed E-state index contributed by atoms with van der Waals surface area (Å²) < 4.78 is 6.94. The summed E-state index contributed by atoms with van der Waals surface area (Å²) in [7, 11) is 3.57. The molecule has 0 saturated carbocycles. The molecule has 0 spiro atoms. The van der Waals surface area contributed by atoms with Crippen molar-refractivity contribution < 1.29 is 4.74 Å². The average molecular weight is 235 g/mol. The average Bonchev–Trinajstić information content (AvgIpc) is 2.72. The van der Waals surface area contributed by atoms with Gasteiger partial charge in [-0.15, -0.1) is 0 Å². The third kappa shape index (κ3) is 2.55. The molecule has 0 N–H and O–H groups in total. The molecule has 16 heavy (non-hydrogen) atoms. The Balaban J connectivity index is 2.02. The summed E-state index contributed by atoms with van der Waals surface area (Å²) >= 11 is 1.66. The number of aryl methyl sites for hydroxylation is 1. The Bertz CT molecular complexity index is 470. The fraction of sp³-hybridized carbons (Fsp3) is 0.273. The third-order valence-electron chi connectivity index (χ3n) is 2.17. The van der Waals surface area contributed by atoms with Crippen LogP contribution >= 0.6 is 11.8 Å². The molecule has 1 heterocycles. The Morgan fingerprint density at radius 3 is 3.00 bits per heavy atom. The molecule has 0 atom stereocenters. The van der Waals surface area contributed by atoms with Gasteiger partial charge in [-0.2, -0.15) is 5.10 Å². The molecule has 5 heteroatoms. The quantitative estimate of drug-likeness (QED) is 0.761. The standard InChI is InChI=1S/C11H13N3OS/c1-14-11(12-8-13-14)16-7-9-4-3-5-10(6-9)15-2/h3-6,8H,7H2,1-2H3. The second-order valence-electron chi connectivity index (χ2n) is 3.31. The highest BCUT2D eigenvalue weighted by Gasteiger charge is 2.02. The molecular weight excluding hydrogens is 222 g/mol. The summed E-state index contributed by atoms with van der Waals surface area (Å²) in [4.78, 5) is 4.16. The molecule has 2 rings (SSSR count). The number of thioether (sulfide) groups is 1. The number of methoxy groups -OCH3 is 1. The highest BCUT2D eigenvalue weighted by atomic mass is 32.2. The van der Waals surface area contributed by atoms with Crippen LogP contribution < -0.4 is 4.74 Å². The molecule has 0 saturated heterocycles. The van der Waals surface area contributed by atoms with Crippen LogP contribution in [-0.4, -0.2) is 21.9 Å². The van der Waals surface area contributed by atoms with Crippen molar-refractivity contribution in [1.82, 2.24) is 14.8 Å². The van der Waals surface area contributed by atoms with Crippen LogP contribution in [0.1, 0.15) is 5.56 Å². The second kappa shape index (κ2) is 5.03. The fourth-order valence-corrected chi connectivity index (χ4v) is 2.16. The minimum atomic E-state index is 0.865. The predicted molar refractivity (Wildman–Crippen MR) is 63.6 cm³/mol. The molecule has 0 aliphatic carbocycles. The van der Waals surface area contributed by atoms with Gasteiger partial charge in [0.15, 0.2) is 5.16 Å². The first-order valence-corrected chi connectivity index (χ1v) is 5.88. The Morgan fingerprint density at radius 1 is 1.44 bits per heavy atom. The Hall–Kier alpha value is -1.49. The van der Waals surface area contributed by atoms with Gasteiger partial charge < -0.3 is 4.74 Å². The maximum Gasteiger partial charge on any atom is 0.186 e. The summed E-state index contributed by atoms with van der Waals surface area (Å²) in [5.74, 6) is 1.75. The molecule has 0 radical (unpaired) electrons. The highest BCUT2D eigenvalue weighted by Crippen LogP contribution is 2.22. The van der Waals surface area contributed by atoms with E-state index in [0.717, 1.165) is 16.7 Å². The monoisotopic (exact) mass is 235 g/mol. The molecule has 0 unspecified atom stereocenters. The lowest BCUT2D eigenvalue weighted by atomic mass is 10.2. The van der Waals surface area contributed by atoms with E-state index < -0.39 is 0 Å². The van der Waals surface area contributed by atoms with Crippen molar-refractivity contribution in [3.05, 3.63) is 36.2 Å². The van der Waals surface area contributed by atoms with Gasteiger partial charge in [0.25, 0.3) is 0 Å². The van der Waals surface area contributed by atoms with Crippen LogP contribution in [0.2, 0.25) is 0 Å². The number of rotatable bonds is 4. The van der Waals surface area contributed by atoms with Crippen molar-refractivity contribution in [3.8, 4) is 5.75 Å². The largest absolute Gasteiger partial charge is 0.497 e. The predicted octanol–water partition coefficient (Wildman–Crippen LogP) is 2.12. The number of hydrogen-bond acceptors (Lipinski definition) is 4. The van der Waals surface area contributed by atoms with E-state index in [1.54, 1.807) is 29.9 Å². The Labute approximate surface area is 98.6 Å². The molecule has 0 amide bonds. The molecule has 0 aliphatic rings. The summed E-state index contributed by atoms with van der Waals surface area (Å²) in [6.07, 6.45) is 1.56. The normalized spacial score (nSPS) is 10.4. The molecular formula is C11H13N3OS. The molecule has 0 fully saturated rings. The van der Waals surface area contributed by atoms with Gasteiger partial charge in [0.05, 0.1) is 7.11 Å². The van der Waals surface area contributed by atoms with Crippen LogP contribution in [0.5, 0.6) is 5.75 Å². The molecule has 0 aliphatic heterocycles. The van der Waals surface area contributed by atoms with E-state index in [2.05, 4.69) is 16.1 Å². The molecule has 1 aromatic carbocycles. The minimum absolute atomic E-state index is 0.865. The Morgan fingerprint density at radius 2 is 2.31 bits per heavy atom. The number of benzene rings is 1. The van der Waals surface area contributed by atoms with E-state index in [0.29, 0.717) is 0 Å². The Kier molecular flexibility index (Phi) is 3.46. The topological polar surface area (TPSA) is 39.9 Å². The van der Waals surface area contributed by atoms with Gasteiger partial charge in [-0.1, -0.05) is 23.9 Å². The van der Waals surface area contributed by atoms with Crippen LogP contribution in [-0.2, 0) is 12.8 Å². The first kappa shape index (κ1) is 11.0. The zero-order valence-corrected chi connectivity index (χ0v) is 10.1. The van der Waals surface area contributed by atoms with Gasteiger partial charge in [-0.05, 0) is 17.7 Å². The van der Waals surface area contributed by atoms with Crippen molar-refractivity contribution >= 4 is 11.8 Å². The van der Waals surface area contributed by atoms with E-state index in [1.165, 1.54) is 5.56 Å². The summed E-state index contributed by atoms with van der Waals surface area (Å²) in [5.41, 5.74) is 1.22. The van der Waals surface area contributed by atoms with Gasteiger partial charge >= 0.3 is 0 Å². The van der Waals surface area contributed by atoms with Crippen LogP contribution in [0.25, 0.3) is 0 Å². The third-order valence-corrected chi connectivity index (χ3v) is 3.28. The maximum absolute atomic E-state index is 5.17.